The van der Waals surface area contributed by atoms with Crippen molar-refractivity contribution in [2.45, 2.75) is 44.9 Å². The number of aromatic nitrogens is 2. The van der Waals surface area contributed by atoms with Gasteiger partial charge in [0, 0.05) is 45.1 Å². The number of hydrogen-bond acceptors (Lipinski definition) is 6. The Hall–Kier alpha value is -2.06. The fourth-order valence-electron chi connectivity index (χ4n) is 3.71. The Labute approximate surface area is 149 Å². The van der Waals surface area contributed by atoms with E-state index in [0.717, 1.165) is 30.8 Å². The fourth-order valence-corrected chi connectivity index (χ4v) is 4.63. The number of ether oxygens (including phenoxy) is 1. The normalized spacial score (nSPS) is 25.2. The van der Waals surface area contributed by atoms with Crippen molar-refractivity contribution in [1.82, 2.24) is 14.9 Å². The molecule has 1 saturated heterocycles. The zero-order valence-corrected chi connectivity index (χ0v) is 14.9. The second-order valence-electron chi connectivity index (χ2n) is 6.78. The molecule has 2 aliphatic rings. The molecule has 1 amide bonds. The Morgan fingerprint density at radius 1 is 1.60 bits per heavy atom. The van der Waals surface area contributed by atoms with Gasteiger partial charge in [-0.15, -0.1) is 0 Å². The van der Waals surface area contributed by atoms with Crippen LogP contribution in [0.4, 0.5) is 9.52 Å². The van der Waals surface area contributed by atoms with Crippen molar-refractivity contribution < 1.29 is 13.9 Å². The van der Waals surface area contributed by atoms with E-state index in [-0.39, 0.29) is 17.6 Å². The molecule has 0 bridgehead atoms. The van der Waals surface area contributed by atoms with Gasteiger partial charge >= 0.3 is 0 Å². The summed E-state index contributed by atoms with van der Waals surface area (Å²) in [5, 5.41) is 2.84. The lowest BCUT2D eigenvalue weighted by Gasteiger charge is -2.23. The van der Waals surface area contributed by atoms with Gasteiger partial charge in [-0.1, -0.05) is 11.3 Å². The van der Waals surface area contributed by atoms with Gasteiger partial charge in [-0.3, -0.25) is 14.7 Å². The zero-order valence-electron chi connectivity index (χ0n) is 14.1. The summed E-state index contributed by atoms with van der Waals surface area (Å²) in [5.74, 6) is 0.0890. The molecule has 2 aliphatic heterocycles. The zero-order chi connectivity index (χ0) is 17.6. The first-order valence-electron chi connectivity index (χ1n) is 8.24. The highest BCUT2D eigenvalue weighted by Gasteiger charge is 2.48. The average Bonchev–Trinajstić information content (AvgIpc) is 3.15. The molecule has 0 radical (unpaired) electrons. The van der Waals surface area contributed by atoms with Crippen LogP contribution in [0.25, 0.3) is 0 Å². The Balaban J connectivity index is 1.48. The molecule has 6 nitrogen and oxygen atoms in total. The number of thiazole rings is 1. The molecule has 4 rings (SSSR count). The van der Waals surface area contributed by atoms with E-state index in [1.807, 2.05) is 12.1 Å². The van der Waals surface area contributed by atoms with Crippen LogP contribution in [0.1, 0.15) is 30.8 Å². The predicted octanol–water partition coefficient (Wildman–Crippen LogP) is 2.60. The SMILES string of the molecule is CC(=O)Nc1nc(F)c(CN2C[C@]3(Cc4ncccc4O3)C[C@@H]2C)s1. The summed E-state index contributed by atoms with van der Waals surface area (Å²) >= 11 is 1.18. The number of nitrogens with one attached hydrogen (secondary N) is 1. The van der Waals surface area contributed by atoms with Crippen molar-refractivity contribution in [3.8, 4) is 5.75 Å². The molecule has 2 atom stereocenters. The van der Waals surface area contributed by atoms with Crippen LogP contribution in [0, 0.1) is 5.95 Å². The van der Waals surface area contributed by atoms with E-state index in [4.69, 9.17) is 4.74 Å². The van der Waals surface area contributed by atoms with E-state index in [1.165, 1.54) is 18.3 Å². The summed E-state index contributed by atoms with van der Waals surface area (Å²) in [5.41, 5.74) is 0.714. The first kappa shape index (κ1) is 16.4. The number of likely N-dealkylation sites (tertiary alicyclic amines) is 1. The molecule has 2 aromatic rings. The third kappa shape index (κ3) is 3.11. The maximum Gasteiger partial charge on any atom is 0.230 e. The van der Waals surface area contributed by atoms with E-state index in [2.05, 4.69) is 27.1 Å². The van der Waals surface area contributed by atoms with E-state index in [0.29, 0.717) is 16.6 Å². The molecule has 0 aromatic carbocycles. The van der Waals surface area contributed by atoms with Gasteiger partial charge in [0.25, 0.3) is 0 Å². The summed E-state index contributed by atoms with van der Waals surface area (Å²) in [6, 6.07) is 4.09. The van der Waals surface area contributed by atoms with Crippen molar-refractivity contribution in [1.29, 1.82) is 0 Å². The highest BCUT2D eigenvalue weighted by atomic mass is 32.1. The van der Waals surface area contributed by atoms with Gasteiger partial charge in [-0.25, -0.2) is 0 Å². The summed E-state index contributed by atoms with van der Waals surface area (Å²) < 4.78 is 20.3. The van der Waals surface area contributed by atoms with E-state index < -0.39 is 5.95 Å². The van der Waals surface area contributed by atoms with Crippen LogP contribution < -0.4 is 10.1 Å². The minimum absolute atomic E-state index is 0.251. The topological polar surface area (TPSA) is 67.4 Å². The minimum Gasteiger partial charge on any atom is -0.484 e. The molecule has 132 valence electrons. The van der Waals surface area contributed by atoms with Gasteiger partial charge in [-0.05, 0) is 19.1 Å². The van der Waals surface area contributed by atoms with Crippen LogP contribution in [0.5, 0.6) is 5.75 Å². The minimum atomic E-state index is -0.515. The number of anilines is 1. The van der Waals surface area contributed by atoms with Crippen LogP contribution in [-0.2, 0) is 17.8 Å². The third-order valence-corrected chi connectivity index (χ3v) is 5.66. The molecule has 0 saturated carbocycles. The Morgan fingerprint density at radius 2 is 2.44 bits per heavy atom. The number of carbonyl (C=O) groups excluding carboxylic acids is 1. The summed E-state index contributed by atoms with van der Waals surface area (Å²) in [6.45, 7) is 4.69. The summed E-state index contributed by atoms with van der Waals surface area (Å²) in [7, 11) is 0. The molecule has 2 aromatic heterocycles. The molecule has 0 unspecified atom stereocenters. The van der Waals surface area contributed by atoms with E-state index in [1.54, 1.807) is 6.20 Å². The highest BCUT2D eigenvalue weighted by Crippen LogP contribution is 2.42. The largest absolute Gasteiger partial charge is 0.484 e. The molecular weight excluding hydrogens is 343 g/mol. The quantitative estimate of drug-likeness (QED) is 0.909. The lowest BCUT2D eigenvalue weighted by atomic mass is 9.97. The van der Waals surface area contributed by atoms with Crippen molar-refractivity contribution >= 4 is 22.4 Å². The lowest BCUT2D eigenvalue weighted by molar-refractivity contribution is -0.114. The molecule has 0 aliphatic carbocycles. The monoisotopic (exact) mass is 362 g/mol. The first-order chi connectivity index (χ1) is 11.9. The number of carbonyl (C=O) groups is 1. The van der Waals surface area contributed by atoms with E-state index in [9.17, 15) is 9.18 Å². The van der Waals surface area contributed by atoms with E-state index >= 15 is 0 Å². The molecule has 8 heteroatoms. The Kier molecular flexibility index (Phi) is 3.96. The maximum absolute atomic E-state index is 14.1. The second-order valence-corrected chi connectivity index (χ2v) is 7.87. The van der Waals surface area contributed by atoms with Gasteiger partial charge < -0.3 is 10.1 Å². The number of amides is 1. The van der Waals surface area contributed by atoms with Crippen molar-refractivity contribution in [2.75, 3.05) is 11.9 Å². The van der Waals surface area contributed by atoms with Crippen LogP contribution >= 0.6 is 11.3 Å². The Morgan fingerprint density at radius 3 is 3.20 bits per heavy atom. The first-order valence-corrected chi connectivity index (χ1v) is 9.05. The number of hydrogen-bond donors (Lipinski definition) is 1. The van der Waals surface area contributed by atoms with Gasteiger partial charge in [-0.2, -0.15) is 9.37 Å². The number of fused-ring (bicyclic) bond motifs is 1. The van der Waals surface area contributed by atoms with Gasteiger partial charge in [0.1, 0.15) is 11.4 Å². The second kappa shape index (κ2) is 6.03. The van der Waals surface area contributed by atoms with Crippen molar-refractivity contribution in [2.24, 2.45) is 0 Å². The fraction of sp³-hybridized carbons (Fsp3) is 0.471. The van der Waals surface area contributed by atoms with Gasteiger partial charge in [0.15, 0.2) is 5.13 Å². The number of rotatable bonds is 3. The van der Waals surface area contributed by atoms with Crippen LogP contribution in [-0.4, -0.2) is 39.0 Å². The summed E-state index contributed by atoms with van der Waals surface area (Å²) in [4.78, 5) is 22.0. The Bertz CT molecular complexity index is 800. The lowest BCUT2D eigenvalue weighted by Crippen LogP contribution is -2.37. The van der Waals surface area contributed by atoms with Crippen molar-refractivity contribution in [3.05, 3.63) is 34.8 Å². The van der Waals surface area contributed by atoms with Crippen LogP contribution in [0.3, 0.4) is 0 Å². The van der Waals surface area contributed by atoms with Crippen LogP contribution in [0.15, 0.2) is 18.3 Å². The number of halogens is 1. The third-order valence-electron chi connectivity index (χ3n) is 4.73. The smallest absolute Gasteiger partial charge is 0.230 e. The van der Waals surface area contributed by atoms with Crippen LogP contribution in [0.2, 0.25) is 0 Å². The maximum atomic E-state index is 14.1. The molecule has 1 fully saturated rings. The molecule has 1 spiro atoms. The van der Waals surface area contributed by atoms with Crippen molar-refractivity contribution in [3.63, 3.8) is 0 Å². The van der Waals surface area contributed by atoms with Gasteiger partial charge in [0.05, 0.1) is 10.6 Å². The molecule has 25 heavy (non-hydrogen) atoms. The standard InChI is InChI=1S/C17H19FN4O2S/c1-10-6-17(7-12-13(24-17)4-3-5-19-12)9-22(10)8-14-15(18)21-16(25-14)20-11(2)23/h3-5,10H,6-9H2,1-2H3,(H,20,21,23)/t10-,17+/m0/s1. The average molecular weight is 362 g/mol. The number of pyridine rings is 1. The molecule has 4 heterocycles. The predicted molar refractivity (Wildman–Crippen MR) is 92.2 cm³/mol. The molecule has 1 N–H and O–H groups in total. The number of nitrogens with zero attached hydrogens (tertiary/aromatic N) is 3. The molecular formula is C17H19FN4O2S. The highest BCUT2D eigenvalue weighted by molar-refractivity contribution is 7.15. The summed E-state index contributed by atoms with van der Waals surface area (Å²) in [6.07, 6.45) is 3.45. The van der Waals surface area contributed by atoms with Gasteiger partial charge in [0.2, 0.25) is 11.9 Å².